The molecule has 0 aliphatic rings. The first-order chi connectivity index (χ1) is 7.41. The molecule has 0 unspecified atom stereocenters. The van der Waals surface area contributed by atoms with Crippen molar-refractivity contribution >= 4 is 17.5 Å². The minimum Gasteiger partial charge on any atom is -0.508 e. The van der Waals surface area contributed by atoms with E-state index >= 15 is 0 Å². The van der Waals surface area contributed by atoms with E-state index in [1.807, 2.05) is 0 Å². The number of carbonyl (C=O) groups is 2. The van der Waals surface area contributed by atoms with Crippen LogP contribution in [0, 0.1) is 0 Å². The van der Waals surface area contributed by atoms with Crippen molar-refractivity contribution in [3.05, 3.63) is 23.8 Å². The fraction of sp³-hybridized carbons (Fsp3) is 0.200. The lowest BCUT2D eigenvalue weighted by Crippen LogP contribution is -2.35. The molecule has 5 N–H and O–H groups in total. The van der Waals surface area contributed by atoms with Crippen LogP contribution < -0.4 is 11.5 Å². The summed E-state index contributed by atoms with van der Waals surface area (Å²) in [6, 6.07) is 4.04. The fourth-order valence-corrected chi connectivity index (χ4v) is 1.24. The summed E-state index contributed by atoms with van der Waals surface area (Å²) in [5.41, 5.74) is 10.9. The number of nitrogen functional groups attached to an aromatic ring is 1. The third kappa shape index (κ3) is 2.63. The van der Waals surface area contributed by atoms with E-state index in [-0.39, 0.29) is 23.5 Å². The van der Waals surface area contributed by atoms with Gasteiger partial charge in [-0.3, -0.25) is 9.59 Å². The van der Waals surface area contributed by atoms with E-state index in [1.165, 1.54) is 25.2 Å². The smallest absolute Gasteiger partial charge is 0.256 e. The average Bonchev–Trinajstić information content (AvgIpc) is 2.19. The Morgan fingerprint density at radius 3 is 2.62 bits per heavy atom. The summed E-state index contributed by atoms with van der Waals surface area (Å²) in [6.45, 7) is -0.200. The first kappa shape index (κ1) is 11.8. The normalized spacial score (nSPS) is 9.81. The molecule has 0 aromatic heterocycles. The van der Waals surface area contributed by atoms with Crippen LogP contribution in [0.25, 0.3) is 0 Å². The predicted molar refractivity (Wildman–Crippen MR) is 58.7 cm³/mol. The number of phenolic OH excluding ortho intramolecular Hbond substituents is 1. The largest absolute Gasteiger partial charge is 0.508 e. The van der Waals surface area contributed by atoms with Gasteiger partial charge in [0.2, 0.25) is 5.91 Å². The van der Waals surface area contributed by atoms with Crippen LogP contribution in [0.15, 0.2) is 18.2 Å². The first-order valence-electron chi connectivity index (χ1n) is 4.54. The lowest BCUT2D eigenvalue weighted by Gasteiger charge is -2.16. The van der Waals surface area contributed by atoms with Gasteiger partial charge in [0, 0.05) is 12.7 Å². The van der Waals surface area contributed by atoms with Crippen LogP contribution in [-0.4, -0.2) is 35.4 Å². The maximum Gasteiger partial charge on any atom is 0.256 e. The number of phenols is 1. The van der Waals surface area contributed by atoms with Gasteiger partial charge in [-0.15, -0.1) is 0 Å². The number of hydrogen-bond donors (Lipinski definition) is 3. The van der Waals surface area contributed by atoms with Crippen molar-refractivity contribution in [2.75, 3.05) is 19.3 Å². The van der Waals surface area contributed by atoms with Crippen molar-refractivity contribution in [2.45, 2.75) is 0 Å². The molecule has 0 fully saturated rings. The topological polar surface area (TPSA) is 110 Å². The summed E-state index contributed by atoms with van der Waals surface area (Å²) < 4.78 is 0. The van der Waals surface area contributed by atoms with Gasteiger partial charge >= 0.3 is 0 Å². The zero-order valence-corrected chi connectivity index (χ0v) is 8.80. The van der Waals surface area contributed by atoms with Gasteiger partial charge in [0.1, 0.15) is 5.75 Å². The zero-order valence-electron chi connectivity index (χ0n) is 8.80. The van der Waals surface area contributed by atoms with E-state index in [0.29, 0.717) is 0 Å². The summed E-state index contributed by atoms with van der Waals surface area (Å²) >= 11 is 0. The number of primary amides is 1. The molecule has 0 atom stereocenters. The number of hydrogen-bond acceptors (Lipinski definition) is 4. The molecular formula is C10H13N3O3. The van der Waals surface area contributed by atoms with Gasteiger partial charge in [-0.1, -0.05) is 0 Å². The number of benzene rings is 1. The summed E-state index contributed by atoms with van der Waals surface area (Å²) in [4.78, 5) is 23.6. The lowest BCUT2D eigenvalue weighted by atomic mass is 10.1. The van der Waals surface area contributed by atoms with Crippen molar-refractivity contribution in [1.82, 2.24) is 4.90 Å². The second-order valence-electron chi connectivity index (χ2n) is 3.40. The van der Waals surface area contributed by atoms with E-state index in [0.717, 1.165) is 4.90 Å². The highest BCUT2D eigenvalue weighted by Gasteiger charge is 2.16. The Kier molecular flexibility index (Phi) is 3.34. The summed E-state index contributed by atoms with van der Waals surface area (Å²) in [6.07, 6.45) is 0. The molecular weight excluding hydrogens is 210 g/mol. The van der Waals surface area contributed by atoms with Crippen molar-refractivity contribution in [1.29, 1.82) is 0 Å². The Morgan fingerprint density at radius 2 is 2.06 bits per heavy atom. The highest BCUT2D eigenvalue weighted by molar-refractivity contribution is 6.00. The van der Waals surface area contributed by atoms with Crippen LogP contribution in [0.1, 0.15) is 10.4 Å². The van der Waals surface area contributed by atoms with E-state index in [4.69, 9.17) is 11.5 Å². The molecule has 0 spiro atoms. The minimum atomic E-state index is -0.616. The first-order valence-corrected chi connectivity index (χ1v) is 4.54. The molecule has 0 saturated carbocycles. The van der Waals surface area contributed by atoms with E-state index < -0.39 is 11.8 Å². The van der Waals surface area contributed by atoms with Gasteiger partial charge in [-0.05, 0) is 18.2 Å². The standard InChI is InChI=1S/C10H13N3O3/c1-13(5-9(12)15)10(16)7-4-6(14)2-3-8(7)11/h2-4,14H,5,11H2,1H3,(H2,12,15). The fourth-order valence-electron chi connectivity index (χ4n) is 1.24. The number of likely N-dealkylation sites (N-methyl/N-ethyl adjacent to an activating group) is 1. The van der Waals surface area contributed by atoms with Crippen molar-refractivity contribution in [2.24, 2.45) is 5.73 Å². The van der Waals surface area contributed by atoms with Gasteiger partial charge in [-0.2, -0.15) is 0 Å². The molecule has 86 valence electrons. The molecule has 6 nitrogen and oxygen atoms in total. The number of rotatable bonds is 3. The molecule has 0 aliphatic heterocycles. The minimum absolute atomic E-state index is 0.0648. The van der Waals surface area contributed by atoms with Crippen molar-refractivity contribution in [3.63, 3.8) is 0 Å². The monoisotopic (exact) mass is 223 g/mol. The van der Waals surface area contributed by atoms with Gasteiger partial charge in [0.25, 0.3) is 5.91 Å². The number of carbonyl (C=O) groups excluding carboxylic acids is 2. The van der Waals surface area contributed by atoms with Crippen LogP contribution in [0.5, 0.6) is 5.75 Å². The molecule has 0 saturated heterocycles. The van der Waals surface area contributed by atoms with Crippen LogP contribution in [0.2, 0.25) is 0 Å². The van der Waals surface area contributed by atoms with E-state index in [1.54, 1.807) is 0 Å². The highest BCUT2D eigenvalue weighted by atomic mass is 16.3. The average molecular weight is 223 g/mol. The van der Waals surface area contributed by atoms with Crippen LogP contribution in [0.4, 0.5) is 5.69 Å². The Balaban J connectivity index is 2.95. The maximum atomic E-state index is 11.8. The predicted octanol–water partition coefficient (Wildman–Crippen LogP) is -0.468. The Morgan fingerprint density at radius 1 is 1.44 bits per heavy atom. The third-order valence-corrected chi connectivity index (χ3v) is 2.01. The number of nitrogens with two attached hydrogens (primary N) is 2. The number of anilines is 1. The van der Waals surface area contributed by atoms with Crippen LogP contribution >= 0.6 is 0 Å². The van der Waals surface area contributed by atoms with Gasteiger partial charge < -0.3 is 21.5 Å². The summed E-state index contributed by atoms with van der Waals surface area (Å²) in [5, 5.41) is 9.23. The zero-order chi connectivity index (χ0) is 12.3. The number of nitrogens with zero attached hydrogens (tertiary/aromatic N) is 1. The molecule has 6 heteroatoms. The summed E-state index contributed by atoms with van der Waals surface area (Å²) in [7, 11) is 1.43. The quantitative estimate of drug-likeness (QED) is 0.475. The third-order valence-electron chi connectivity index (χ3n) is 2.01. The highest BCUT2D eigenvalue weighted by Crippen LogP contribution is 2.19. The molecule has 0 bridgehead atoms. The van der Waals surface area contributed by atoms with Gasteiger partial charge in [0.15, 0.2) is 0 Å². The molecule has 2 amide bonds. The second-order valence-corrected chi connectivity index (χ2v) is 3.40. The molecule has 1 rings (SSSR count). The second kappa shape index (κ2) is 4.52. The van der Waals surface area contributed by atoms with Crippen molar-refractivity contribution in [3.8, 4) is 5.75 Å². The molecule has 0 heterocycles. The number of amides is 2. The lowest BCUT2D eigenvalue weighted by molar-refractivity contribution is -0.118. The van der Waals surface area contributed by atoms with Crippen molar-refractivity contribution < 1.29 is 14.7 Å². The Hall–Kier alpha value is -2.24. The molecule has 1 aromatic rings. The van der Waals surface area contributed by atoms with Gasteiger partial charge in [-0.25, -0.2) is 0 Å². The van der Waals surface area contributed by atoms with Crippen LogP contribution in [-0.2, 0) is 4.79 Å². The Labute approximate surface area is 92.4 Å². The van der Waals surface area contributed by atoms with Crippen LogP contribution in [0.3, 0.4) is 0 Å². The SMILES string of the molecule is CN(CC(N)=O)C(=O)c1cc(O)ccc1N. The molecule has 0 aliphatic carbocycles. The maximum absolute atomic E-state index is 11.8. The van der Waals surface area contributed by atoms with E-state index in [2.05, 4.69) is 0 Å². The van der Waals surface area contributed by atoms with E-state index in [9.17, 15) is 14.7 Å². The van der Waals surface area contributed by atoms with Gasteiger partial charge in [0.05, 0.1) is 12.1 Å². The molecule has 16 heavy (non-hydrogen) atoms. The Bertz CT molecular complexity index is 431. The summed E-state index contributed by atoms with van der Waals surface area (Å²) in [5.74, 6) is -1.15. The molecule has 1 aromatic carbocycles. The molecule has 0 radical (unpaired) electrons. The number of aromatic hydroxyl groups is 1.